The van der Waals surface area contributed by atoms with Crippen LogP contribution in [0.4, 0.5) is 4.39 Å². The van der Waals surface area contributed by atoms with Gasteiger partial charge in [0, 0.05) is 0 Å². The van der Waals surface area contributed by atoms with Crippen molar-refractivity contribution in [1.29, 1.82) is 5.26 Å². The number of rotatable bonds is 3. The molecule has 1 aromatic carbocycles. The third-order valence-corrected chi connectivity index (χ3v) is 1.91. The predicted octanol–water partition coefficient (Wildman–Crippen LogP) is 1.16. The van der Waals surface area contributed by atoms with Gasteiger partial charge in [0.05, 0.1) is 5.56 Å². The van der Waals surface area contributed by atoms with Gasteiger partial charge < -0.3 is 10.4 Å². The van der Waals surface area contributed by atoms with Gasteiger partial charge in [0.15, 0.2) is 11.6 Å². The second kappa shape index (κ2) is 4.58. The van der Waals surface area contributed by atoms with Gasteiger partial charge in [-0.2, -0.15) is 5.26 Å². The Hall–Kier alpha value is -1.60. The number of hydrogen-bond acceptors (Lipinski definition) is 3. The number of nitrogens with zero attached hydrogens (tertiary/aromatic N) is 1. The van der Waals surface area contributed by atoms with Gasteiger partial charge in [0.1, 0.15) is 6.07 Å². The topological polar surface area (TPSA) is 56.0 Å². The molecule has 1 aromatic rings. The maximum absolute atomic E-state index is 13.0. The van der Waals surface area contributed by atoms with Crippen LogP contribution in [0.3, 0.4) is 0 Å². The third-order valence-electron chi connectivity index (χ3n) is 1.91. The van der Waals surface area contributed by atoms with E-state index in [1.165, 1.54) is 12.1 Å². The molecule has 0 aliphatic heterocycles. The van der Waals surface area contributed by atoms with Crippen LogP contribution in [-0.4, -0.2) is 18.7 Å². The van der Waals surface area contributed by atoms with E-state index in [4.69, 9.17) is 10.4 Å². The lowest BCUT2D eigenvalue weighted by Gasteiger charge is -2.03. The maximum Gasteiger partial charge on any atom is 0.169 e. The summed E-state index contributed by atoms with van der Waals surface area (Å²) in [4.78, 5) is 0. The minimum atomic E-state index is -0.741. The highest BCUT2D eigenvalue weighted by atomic mass is 19.1. The fraction of sp³-hybridized carbons (Fsp3) is 0.300. The average molecular weight is 194 g/mol. The Morgan fingerprint density at radius 1 is 1.57 bits per heavy atom. The molecule has 2 N–H and O–H groups in total. The summed E-state index contributed by atoms with van der Waals surface area (Å²) in [5.74, 6) is -1.31. The molecule has 3 nitrogen and oxygen atoms in total. The summed E-state index contributed by atoms with van der Waals surface area (Å²) in [6.45, 7) is 0.703. The van der Waals surface area contributed by atoms with Crippen molar-refractivity contribution in [2.75, 3.05) is 13.6 Å². The van der Waals surface area contributed by atoms with Gasteiger partial charge in [-0.15, -0.1) is 0 Å². The lowest BCUT2D eigenvalue weighted by Crippen LogP contribution is -2.10. The Kier molecular flexibility index (Phi) is 3.43. The van der Waals surface area contributed by atoms with Gasteiger partial charge in [0.2, 0.25) is 0 Å². The Balaban J connectivity index is 2.99. The van der Waals surface area contributed by atoms with Gasteiger partial charge in [-0.25, -0.2) is 4.39 Å². The van der Waals surface area contributed by atoms with Crippen molar-refractivity contribution < 1.29 is 9.50 Å². The lowest BCUT2D eigenvalue weighted by atomic mass is 10.1. The van der Waals surface area contributed by atoms with Crippen LogP contribution in [0.25, 0.3) is 0 Å². The van der Waals surface area contributed by atoms with Gasteiger partial charge in [0.25, 0.3) is 0 Å². The molecule has 0 spiro atoms. The van der Waals surface area contributed by atoms with Crippen molar-refractivity contribution in [3.8, 4) is 11.8 Å². The van der Waals surface area contributed by atoms with E-state index in [1.807, 2.05) is 0 Å². The smallest absolute Gasteiger partial charge is 0.169 e. The largest absolute Gasteiger partial charge is 0.504 e. The SMILES string of the molecule is CNCCc1cc(F)c(O)c(C#N)c1. The number of likely N-dealkylation sites (N-methyl/N-ethyl adjacent to an activating group) is 1. The number of aromatic hydroxyl groups is 1. The van der Waals surface area contributed by atoms with Crippen LogP contribution in [0.15, 0.2) is 12.1 Å². The first-order chi connectivity index (χ1) is 6.69. The zero-order chi connectivity index (χ0) is 10.6. The fourth-order valence-corrected chi connectivity index (χ4v) is 1.15. The van der Waals surface area contributed by atoms with E-state index >= 15 is 0 Å². The van der Waals surface area contributed by atoms with Gasteiger partial charge in [-0.1, -0.05) is 0 Å². The highest BCUT2D eigenvalue weighted by Gasteiger charge is 2.08. The van der Waals surface area contributed by atoms with E-state index in [0.717, 1.165) is 0 Å². The second-order valence-corrected chi connectivity index (χ2v) is 2.94. The number of hydrogen-bond donors (Lipinski definition) is 2. The monoisotopic (exact) mass is 194 g/mol. The van der Waals surface area contributed by atoms with Crippen LogP contribution in [0.5, 0.6) is 5.75 Å². The van der Waals surface area contributed by atoms with E-state index in [2.05, 4.69) is 5.32 Å². The summed E-state index contributed by atoms with van der Waals surface area (Å²) in [6, 6.07) is 4.48. The van der Waals surface area contributed by atoms with Crippen LogP contribution in [0.1, 0.15) is 11.1 Å². The first kappa shape index (κ1) is 10.5. The Morgan fingerprint density at radius 2 is 2.29 bits per heavy atom. The van der Waals surface area contributed by atoms with E-state index in [1.54, 1.807) is 13.1 Å². The van der Waals surface area contributed by atoms with Crippen molar-refractivity contribution in [3.05, 3.63) is 29.1 Å². The summed E-state index contributed by atoms with van der Waals surface area (Å²) in [6.07, 6.45) is 0.627. The Labute approximate surface area is 81.8 Å². The normalized spacial score (nSPS) is 9.79. The molecule has 0 atom stereocenters. The summed E-state index contributed by atoms with van der Waals surface area (Å²) >= 11 is 0. The number of nitriles is 1. The molecule has 74 valence electrons. The highest BCUT2D eigenvalue weighted by Crippen LogP contribution is 2.22. The van der Waals surface area contributed by atoms with Gasteiger partial charge in [-0.3, -0.25) is 0 Å². The van der Waals surface area contributed by atoms with Crippen LogP contribution in [0, 0.1) is 17.1 Å². The summed E-state index contributed by atoms with van der Waals surface area (Å²) in [7, 11) is 1.79. The molecule has 0 aromatic heterocycles. The van der Waals surface area contributed by atoms with Crippen LogP contribution in [0.2, 0.25) is 0 Å². The Bertz CT molecular complexity index is 371. The van der Waals surface area contributed by atoms with Crippen LogP contribution < -0.4 is 5.32 Å². The molecule has 1 rings (SSSR count). The number of halogens is 1. The molecular formula is C10H11FN2O. The van der Waals surface area contributed by atoms with E-state index in [-0.39, 0.29) is 5.56 Å². The molecule has 4 heteroatoms. The third kappa shape index (κ3) is 2.21. The summed E-state index contributed by atoms with van der Waals surface area (Å²) < 4.78 is 13.0. The second-order valence-electron chi connectivity index (χ2n) is 2.94. The molecule has 0 amide bonds. The maximum atomic E-state index is 13.0. The van der Waals surface area contributed by atoms with Crippen LogP contribution >= 0.6 is 0 Å². The van der Waals surface area contributed by atoms with Crippen molar-refractivity contribution in [1.82, 2.24) is 5.32 Å². The zero-order valence-electron chi connectivity index (χ0n) is 7.84. The van der Waals surface area contributed by atoms with Crippen LogP contribution in [-0.2, 0) is 6.42 Å². The first-order valence-corrected chi connectivity index (χ1v) is 4.25. The van der Waals surface area contributed by atoms with Crippen molar-refractivity contribution in [3.63, 3.8) is 0 Å². The molecule has 0 bridgehead atoms. The van der Waals surface area contributed by atoms with E-state index in [9.17, 15) is 4.39 Å². The predicted molar refractivity (Wildman–Crippen MR) is 50.4 cm³/mol. The molecule has 0 heterocycles. The fourth-order valence-electron chi connectivity index (χ4n) is 1.15. The first-order valence-electron chi connectivity index (χ1n) is 4.25. The molecule has 0 saturated heterocycles. The molecule has 0 aliphatic carbocycles. The van der Waals surface area contributed by atoms with Crippen molar-refractivity contribution in [2.24, 2.45) is 0 Å². The molecule has 14 heavy (non-hydrogen) atoms. The van der Waals surface area contributed by atoms with Crippen molar-refractivity contribution >= 4 is 0 Å². The highest BCUT2D eigenvalue weighted by molar-refractivity contribution is 5.45. The molecule has 0 aliphatic rings. The molecular weight excluding hydrogens is 183 g/mol. The summed E-state index contributed by atoms with van der Waals surface area (Å²) in [5.41, 5.74) is 0.683. The van der Waals surface area contributed by atoms with E-state index in [0.29, 0.717) is 18.5 Å². The standard InChI is InChI=1S/C10H11FN2O/c1-13-3-2-7-4-8(6-12)10(14)9(11)5-7/h4-5,13-14H,2-3H2,1H3. The lowest BCUT2D eigenvalue weighted by molar-refractivity contribution is 0.430. The molecule has 0 unspecified atom stereocenters. The van der Waals surface area contributed by atoms with Gasteiger partial charge >= 0.3 is 0 Å². The zero-order valence-corrected chi connectivity index (χ0v) is 7.84. The minimum absolute atomic E-state index is 0.0175. The minimum Gasteiger partial charge on any atom is -0.504 e. The van der Waals surface area contributed by atoms with Crippen molar-refractivity contribution in [2.45, 2.75) is 6.42 Å². The molecule has 0 radical (unpaired) electrons. The number of phenolic OH excluding ortho intramolecular Hbond substituents is 1. The quantitative estimate of drug-likeness (QED) is 0.759. The van der Waals surface area contributed by atoms with E-state index < -0.39 is 11.6 Å². The average Bonchev–Trinajstić information content (AvgIpc) is 2.19. The molecule has 0 fully saturated rings. The van der Waals surface area contributed by atoms with Gasteiger partial charge in [-0.05, 0) is 37.7 Å². The summed E-state index contributed by atoms with van der Waals surface area (Å²) in [5, 5.41) is 20.7. The number of nitrogens with one attached hydrogen (secondary N) is 1. The molecule has 0 saturated carbocycles. The number of phenols is 1. The Morgan fingerprint density at radius 3 is 2.86 bits per heavy atom. The number of benzene rings is 1.